The number of ether oxygens (including phenoxy) is 1. The number of alkyl halides is 1. The number of carbonyl (C=O) groups is 1. The summed E-state index contributed by atoms with van der Waals surface area (Å²) in [5.41, 5.74) is 5.25. The molecule has 1 rings (SSSR count). The van der Waals surface area contributed by atoms with Crippen molar-refractivity contribution < 1.29 is 9.53 Å². The van der Waals surface area contributed by atoms with Gasteiger partial charge in [0.1, 0.15) is 5.33 Å². The van der Waals surface area contributed by atoms with E-state index in [2.05, 4.69) is 25.9 Å². The number of nitrogens with zero attached hydrogens (tertiary/aromatic N) is 2. The van der Waals surface area contributed by atoms with E-state index >= 15 is 0 Å². The molecule has 0 spiro atoms. The summed E-state index contributed by atoms with van der Waals surface area (Å²) in [4.78, 5) is 18.0. The van der Waals surface area contributed by atoms with Crippen LogP contribution < -0.4 is 10.5 Å². The van der Waals surface area contributed by atoms with Crippen LogP contribution in [0.3, 0.4) is 0 Å². The summed E-state index contributed by atoms with van der Waals surface area (Å²) < 4.78 is 4.73. The normalized spacial score (nSPS) is 8.69. The van der Waals surface area contributed by atoms with Crippen molar-refractivity contribution in [2.24, 2.45) is 0 Å². The molecule has 2 N–H and O–H groups in total. The Kier molecular flexibility index (Phi) is 5.56. The van der Waals surface area contributed by atoms with Gasteiger partial charge in [-0.25, -0.2) is 4.98 Å². The molecule has 0 aliphatic carbocycles. The number of aromatic nitrogens is 2. The quantitative estimate of drug-likeness (QED) is 0.649. The predicted octanol–water partition coefficient (Wildman–Crippen LogP) is 0.937. The van der Waals surface area contributed by atoms with E-state index in [9.17, 15) is 4.79 Å². The Labute approximate surface area is 93.6 Å². The lowest BCUT2D eigenvalue weighted by Crippen LogP contribution is -2.10. The first-order valence-electron chi connectivity index (χ1n) is 3.07. The molecule has 0 aliphatic rings. The van der Waals surface area contributed by atoms with E-state index in [0.29, 0.717) is 0 Å². The zero-order valence-corrected chi connectivity index (χ0v) is 9.74. The summed E-state index contributed by atoms with van der Waals surface area (Å²) >= 11 is 2.94. The number of esters is 1. The van der Waals surface area contributed by atoms with Crippen LogP contribution in [0.1, 0.15) is 0 Å². The number of halogens is 2. The van der Waals surface area contributed by atoms with E-state index < -0.39 is 5.97 Å². The predicted molar refractivity (Wildman–Crippen MR) is 56.2 cm³/mol. The van der Waals surface area contributed by atoms with Crippen molar-refractivity contribution >= 4 is 44.8 Å². The first-order valence-corrected chi connectivity index (χ1v) is 4.19. The molecule has 1 heterocycles. The van der Waals surface area contributed by atoms with Gasteiger partial charge in [-0.15, -0.1) is 17.0 Å². The Bertz CT molecular complexity index is 295. The van der Waals surface area contributed by atoms with Crippen molar-refractivity contribution in [3.63, 3.8) is 0 Å². The fraction of sp³-hybridized carbons (Fsp3) is 0.167. The van der Waals surface area contributed by atoms with E-state index in [1.807, 2.05) is 0 Å². The van der Waals surface area contributed by atoms with Crippen LogP contribution in [0.25, 0.3) is 0 Å². The van der Waals surface area contributed by atoms with Crippen LogP contribution in [0.4, 0.5) is 5.95 Å². The highest BCUT2D eigenvalue weighted by Crippen LogP contribution is 2.06. The number of nitrogen functional groups attached to an aromatic ring is 1. The van der Waals surface area contributed by atoms with E-state index in [0.717, 1.165) is 0 Å². The van der Waals surface area contributed by atoms with Crippen LogP contribution in [0.15, 0.2) is 12.3 Å². The second kappa shape index (κ2) is 5.87. The molecule has 13 heavy (non-hydrogen) atoms. The highest BCUT2D eigenvalue weighted by Gasteiger charge is 2.03. The van der Waals surface area contributed by atoms with Crippen LogP contribution in [-0.2, 0) is 4.79 Å². The average molecular weight is 313 g/mol. The maximum atomic E-state index is 10.7. The van der Waals surface area contributed by atoms with Crippen molar-refractivity contribution in [3.05, 3.63) is 12.3 Å². The van der Waals surface area contributed by atoms with Gasteiger partial charge < -0.3 is 10.5 Å². The number of anilines is 1. The SMILES string of the molecule is Br.Nc1nccc(OC(=O)CBr)n1. The van der Waals surface area contributed by atoms with E-state index in [1.165, 1.54) is 12.3 Å². The first kappa shape index (κ1) is 12.3. The summed E-state index contributed by atoms with van der Waals surface area (Å²) in [6.45, 7) is 0. The highest BCUT2D eigenvalue weighted by atomic mass is 79.9. The molecular weight excluding hydrogens is 306 g/mol. The molecule has 1 aromatic rings. The summed E-state index contributed by atoms with van der Waals surface area (Å²) in [6, 6.07) is 1.46. The lowest BCUT2D eigenvalue weighted by atomic mass is 10.6. The van der Waals surface area contributed by atoms with Gasteiger partial charge in [0.25, 0.3) is 0 Å². The fourth-order valence-corrected chi connectivity index (χ4v) is 0.672. The van der Waals surface area contributed by atoms with Crippen molar-refractivity contribution in [1.29, 1.82) is 0 Å². The molecule has 1 aromatic heterocycles. The molecule has 7 heteroatoms. The Morgan fingerprint density at radius 1 is 1.69 bits per heavy atom. The summed E-state index contributed by atoms with van der Waals surface area (Å²) in [6.07, 6.45) is 1.42. The van der Waals surface area contributed by atoms with Crippen molar-refractivity contribution in [3.8, 4) is 5.88 Å². The second-order valence-electron chi connectivity index (χ2n) is 1.86. The highest BCUT2D eigenvalue weighted by molar-refractivity contribution is 9.09. The van der Waals surface area contributed by atoms with Gasteiger partial charge in [-0.2, -0.15) is 4.98 Å². The van der Waals surface area contributed by atoms with Crippen molar-refractivity contribution in [2.75, 3.05) is 11.1 Å². The Balaban J connectivity index is 0.00000144. The molecule has 72 valence electrons. The third kappa shape index (κ3) is 4.18. The summed E-state index contributed by atoms with van der Waals surface area (Å²) in [5.74, 6) is -0.185. The zero-order valence-electron chi connectivity index (χ0n) is 6.44. The Morgan fingerprint density at radius 2 is 2.38 bits per heavy atom. The molecule has 0 aliphatic heterocycles. The van der Waals surface area contributed by atoms with Crippen LogP contribution >= 0.6 is 32.9 Å². The van der Waals surface area contributed by atoms with E-state index in [4.69, 9.17) is 10.5 Å². The summed E-state index contributed by atoms with van der Waals surface area (Å²) in [7, 11) is 0. The van der Waals surface area contributed by atoms with Crippen molar-refractivity contribution in [2.45, 2.75) is 0 Å². The van der Waals surface area contributed by atoms with E-state index in [-0.39, 0.29) is 34.1 Å². The zero-order chi connectivity index (χ0) is 8.97. The maximum Gasteiger partial charge on any atom is 0.323 e. The lowest BCUT2D eigenvalue weighted by Gasteiger charge is -1.99. The topological polar surface area (TPSA) is 78.1 Å². The Morgan fingerprint density at radius 3 is 2.92 bits per heavy atom. The van der Waals surface area contributed by atoms with Gasteiger partial charge in [0, 0.05) is 12.3 Å². The standard InChI is InChI=1S/C6H6BrN3O2.BrH/c7-3-5(11)12-4-1-2-9-6(8)10-4;/h1-2H,3H2,(H2,8,9,10);1H. The number of rotatable bonds is 2. The minimum atomic E-state index is -0.423. The summed E-state index contributed by atoms with van der Waals surface area (Å²) in [5, 5.41) is 0.122. The van der Waals surface area contributed by atoms with Crippen LogP contribution in [0.2, 0.25) is 0 Å². The molecular formula is C6H7Br2N3O2. The number of hydrogen-bond acceptors (Lipinski definition) is 5. The number of nitrogens with two attached hydrogens (primary N) is 1. The first-order chi connectivity index (χ1) is 5.72. The molecule has 0 unspecified atom stereocenters. The third-order valence-corrected chi connectivity index (χ3v) is 1.43. The fourth-order valence-electron chi connectivity index (χ4n) is 0.557. The second-order valence-corrected chi connectivity index (χ2v) is 2.42. The van der Waals surface area contributed by atoms with Crippen LogP contribution in [-0.4, -0.2) is 21.3 Å². The largest absolute Gasteiger partial charge is 0.407 e. The molecule has 0 saturated heterocycles. The average Bonchev–Trinajstić information content (AvgIpc) is 2.04. The molecule has 0 bridgehead atoms. The minimum Gasteiger partial charge on any atom is -0.407 e. The molecule has 0 aromatic carbocycles. The van der Waals surface area contributed by atoms with Gasteiger partial charge in [0.2, 0.25) is 11.8 Å². The van der Waals surface area contributed by atoms with Gasteiger partial charge in [-0.1, -0.05) is 15.9 Å². The van der Waals surface area contributed by atoms with Gasteiger partial charge in [-0.05, 0) is 0 Å². The molecule has 0 saturated carbocycles. The molecule has 0 amide bonds. The number of hydrogen-bond donors (Lipinski definition) is 1. The Hall–Kier alpha value is -0.690. The molecule has 0 atom stereocenters. The van der Waals surface area contributed by atoms with Crippen LogP contribution in [0, 0.1) is 0 Å². The molecule has 0 fully saturated rings. The molecule has 0 radical (unpaired) electrons. The third-order valence-electron chi connectivity index (χ3n) is 0.976. The minimum absolute atomic E-state index is 0. The monoisotopic (exact) mass is 311 g/mol. The lowest BCUT2D eigenvalue weighted by molar-refractivity contribution is -0.131. The van der Waals surface area contributed by atoms with E-state index in [1.54, 1.807) is 0 Å². The maximum absolute atomic E-state index is 10.7. The smallest absolute Gasteiger partial charge is 0.323 e. The van der Waals surface area contributed by atoms with Gasteiger partial charge in [0.15, 0.2) is 0 Å². The number of carbonyl (C=O) groups excluding carboxylic acids is 1. The van der Waals surface area contributed by atoms with Gasteiger partial charge in [-0.3, -0.25) is 4.79 Å². The van der Waals surface area contributed by atoms with Crippen molar-refractivity contribution in [1.82, 2.24) is 9.97 Å². The van der Waals surface area contributed by atoms with Gasteiger partial charge in [0.05, 0.1) is 0 Å². The van der Waals surface area contributed by atoms with Crippen LogP contribution in [0.5, 0.6) is 5.88 Å². The molecule has 5 nitrogen and oxygen atoms in total. The van der Waals surface area contributed by atoms with Gasteiger partial charge >= 0.3 is 5.97 Å².